The van der Waals surface area contributed by atoms with E-state index in [1.165, 1.54) is 14.2 Å². The SMILES string of the molecule is COC(=O)C1=C(OC)C(=O)[C@]2(CC[C@H]3[C@@H]4CCC5=CC(=O)C=C[C@]5(C)[C@H]4[C@@H](O)C[C@@]32C)O1. The number of rotatable bonds is 2. The van der Waals surface area contributed by atoms with Crippen LogP contribution >= 0.6 is 0 Å². The van der Waals surface area contributed by atoms with Crippen LogP contribution in [0.5, 0.6) is 0 Å². The molecule has 0 radical (unpaired) electrons. The van der Waals surface area contributed by atoms with E-state index in [0.717, 1.165) is 24.8 Å². The summed E-state index contributed by atoms with van der Waals surface area (Å²) in [5, 5.41) is 11.5. The molecular formula is C25H30O7. The summed E-state index contributed by atoms with van der Waals surface area (Å²) >= 11 is 0. The number of hydrogen-bond acceptors (Lipinski definition) is 7. The molecule has 172 valence electrons. The normalized spacial score (nSPS) is 44.6. The van der Waals surface area contributed by atoms with Gasteiger partial charge in [0.05, 0.1) is 20.3 Å². The van der Waals surface area contributed by atoms with E-state index in [-0.39, 0.29) is 46.3 Å². The predicted octanol–water partition coefficient (Wildman–Crippen LogP) is 2.63. The molecule has 0 unspecified atom stereocenters. The Balaban J connectivity index is 1.54. The second-order valence-electron chi connectivity index (χ2n) is 10.4. The molecular weight excluding hydrogens is 412 g/mol. The smallest absolute Gasteiger partial charge is 0.377 e. The molecule has 4 aliphatic carbocycles. The molecule has 0 bridgehead atoms. The average Bonchev–Trinajstić information content (AvgIpc) is 3.22. The highest BCUT2D eigenvalue weighted by molar-refractivity contribution is 6.09. The van der Waals surface area contributed by atoms with E-state index in [9.17, 15) is 19.5 Å². The first-order valence-corrected chi connectivity index (χ1v) is 11.4. The van der Waals surface area contributed by atoms with Crippen molar-refractivity contribution in [1.82, 2.24) is 0 Å². The van der Waals surface area contributed by atoms with E-state index in [1.807, 2.05) is 13.0 Å². The minimum absolute atomic E-state index is 0.00402. The number of fused-ring (bicyclic) bond motifs is 6. The van der Waals surface area contributed by atoms with Gasteiger partial charge in [-0.25, -0.2) is 4.79 Å². The maximum Gasteiger partial charge on any atom is 0.377 e. The lowest BCUT2D eigenvalue weighted by Crippen LogP contribution is -2.61. The second kappa shape index (κ2) is 6.80. The van der Waals surface area contributed by atoms with Crippen molar-refractivity contribution in [3.05, 3.63) is 35.3 Å². The second-order valence-corrected chi connectivity index (χ2v) is 10.4. The van der Waals surface area contributed by atoms with Crippen molar-refractivity contribution in [3.63, 3.8) is 0 Å². The Hall–Kier alpha value is -2.41. The van der Waals surface area contributed by atoms with Crippen molar-refractivity contribution in [2.24, 2.45) is 28.6 Å². The van der Waals surface area contributed by atoms with Gasteiger partial charge in [-0.2, -0.15) is 0 Å². The van der Waals surface area contributed by atoms with Gasteiger partial charge in [0.2, 0.25) is 11.5 Å². The molecule has 7 heteroatoms. The topological polar surface area (TPSA) is 99.1 Å². The first-order chi connectivity index (χ1) is 15.1. The number of hydrogen-bond donors (Lipinski definition) is 1. The number of aliphatic hydroxyl groups is 1. The Labute approximate surface area is 187 Å². The third-order valence-electron chi connectivity index (χ3n) is 9.25. The molecule has 0 amide bonds. The van der Waals surface area contributed by atoms with E-state index in [2.05, 4.69) is 6.92 Å². The van der Waals surface area contributed by atoms with E-state index in [0.29, 0.717) is 12.8 Å². The number of allylic oxidation sites excluding steroid dienone is 4. The fourth-order valence-corrected chi connectivity index (χ4v) is 7.82. The molecule has 3 saturated carbocycles. The number of methoxy groups -OCH3 is 2. The highest BCUT2D eigenvalue weighted by Gasteiger charge is 2.73. The highest BCUT2D eigenvalue weighted by atomic mass is 16.6. The summed E-state index contributed by atoms with van der Waals surface area (Å²) in [6, 6.07) is 0. The van der Waals surface area contributed by atoms with Crippen LogP contribution in [0.15, 0.2) is 35.3 Å². The molecule has 1 aliphatic heterocycles. The van der Waals surface area contributed by atoms with Crippen molar-refractivity contribution in [2.45, 2.75) is 57.7 Å². The number of carbonyl (C=O) groups excluding carboxylic acids is 3. The number of ether oxygens (including phenoxy) is 3. The lowest BCUT2D eigenvalue weighted by Gasteiger charge is -2.59. The maximum absolute atomic E-state index is 13.6. The average molecular weight is 443 g/mol. The van der Waals surface area contributed by atoms with Gasteiger partial charge in [-0.05, 0) is 56.1 Å². The van der Waals surface area contributed by atoms with Crippen molar-refractivity contribution in [3.8, 4) is 0 Å². The molecule has 32 heavy (non-hydrogen) atoms. The fraction of sp³-hybridized carbons (Fsp3) is 0.640. The summed E-state index contributed by atoms with van der Waals surface area (Å²) in [4.78, 5) is 37.9. The van der Waals surface area contributed by atoms with Gasteiger partial charge in [-0.1, -0.05) is 25.5 Å². The van der Waals surface area contributed by atoms with Crippen LogP contribution in [-0.2, 0) is 28.6 Å². The number of Topliss-reactive ketones (excluding diaryl/α,β-unsaturated/α-hetero) is 1. The van der Waals surface area contributed by atoms with E-state index >= 15 is 0 Å². The van der Waals surface area contributed by atoms with Crippen molar-refractivity contribution in [1.29, 1.82) is 0 Å². The largest absolute Gasteiger partial charge is 0.490 e. The molecule has 3 fully saturated rings. The van der Waals surface area contributed by atoms with Gasteiger partial charge >= 0.3 is 5.97 Å². The molecule has 0 aromatic rings. The molecule has 1 heterocycles. The minimum atomic E-state index is -1.24. The molecule has 1 spiro atoms. The van der Waals surface area contributed by atoms with Crippen LogP contribution in [0, 0.1) is 28.6 Å². The Morgan fingerprint density at radius 3 is 2.66 bits per heavy atom. The van der Waals surface area contributed by atoms with Gasteiger partial charge in [0, 0.05) is 16.7 Å². The fourth-order valence-electron chi connectivity index (χ4n) is 7.82. The highest BCUT2D eigenvalue weighted by Crippen LogP contribution is 2.69. The van der Waals surface area contributed by atoms with Crippen molar-refractivity contribution >= 4 is 17.5 Å². The monoisotopic (exact) mass is 442 g/mol. The van der Waals surface area contributed by atoms with Crippen LogP contribution in [-0.4, -0.2) is 48.6 Å². The standard InChI is InChI=1S/C25H30O7/c1-23-9-7-14(26)11-13(23)5-6-15-16-8-10-25(24(16,2)12-17(27)18(15)23)21(28)19(30-3)20(32-25)22(29)31-4/h7,9,11,15-18,27H,5-6,8,10,12H2,1-4H3/t15-,16-,17-,18+,23-,24-,25-/m0/s1. The van der Waals surface area contributed by atoms with Gasteiger partial charge in [-0.3, -0.25) is 9.59 Å². The minimum Gasteiger partial charge on any atom is -0.490 e. The Morgan fingerprint density at radius 1 is 1.22 bits per heavy atom. The molecule has 0 aromatic heterocycles. The third-order valence-corrected chi connectivity index (χ3v) is 9.25. The van der Waals surface area contributed by atoms with Crippen LogP contribution in [0.1, 0.15) is 46.0 Å². The van der Waals surface area contributed by atoms with Gasteiger partial charge in [0.1, 0.15) is 0 Å². The van der Waals surface area contributed by atoms with E-state index < -0.39 is 23.1 Å². The Kier molecular flexibility index (Phi) is 4.55. The first-order valence-electron chi connectivity index (χ1n) is 11.4. The number of carbonyl (C=O) groups is 3. The summed E-state index contributed by atoms with van der Waals surface area (Å²) in [5.41, 5.74) is -1.18. The quantitative estimate of drug-likeness (QED) is 0.657. The lowest BCUT2D eigenvalue weighted by atomic mass is 9.46. The maximum atomic E-state index is 13.6. The van der Waals surface area contributed by atoms with Crippen LogP contribution < -0.4 is 0 Å². The lowest BCUT2D eigenvalue weighted by molar-refractivity contribution is -0.176. The first kappa shape index (κ1) is 21.4. The zero-order valence-corrected chi connectivity index (χ0v) is 19.0. The summed E-state index contributed by atoms with van der Waals surface area (Å²) in [6.45, 7) is 4.13. The molecule has 5 rings (SSSR count). The van der Waals surface area contributed by atoms with Gasteiger partial charge in [-0.15, -0.1) is 0 Å². The predicted molar refractivity (Wildman–Crippen MR) is 113 cm³/mol. The Bertz CT molecular complexity index is 1010. The summed E-state index contributed by atoms with van der Waals surface area (Å²) in [6.07, 6.45) is 7.89. The van der Waals surface area contributed by atoms with Crippen molar-refractivity contribution < 1.29 is 33.7 Å². The number of ketones is 2. The summed E-state index contributed by atoms with van der Waals surface area (Å²) in [5.74, 6) is -1.05. The van der Waals surface area contributed by atoms with E-state index in [1.54, 1.807) is 12.2 Å². The van der Waals surface area contributed by atoms with Crippen LogP contribution in [0.25, 0.3) is 0 Å². The molecule has 7 atom stereocenters. The molecule has 5 aliphatic rings. The number of esters is 1. The zero-order valence-electron chi connectivity index (χ0n) is 19.0. The van der Waals surface area contributed by atoms with Crippen LogP contribution in [0.3, 0.4) is 0 Å². The summed E-state index contributed by atoms with van der Waals surface area (Å²) in [7, 11) is 2.59. The van der Waals surface area contributed by atoms with Crippen LogP contribution in [0.4, 0.5) is 0 Å². The van der Waals surface area contributed by atoms with Gasteiger partial charge < -0.3 is 19.3 Å². The van der Waals surface area contributed by atoms with Crippen molar-refractivity contribution in [2.75, 3.05) is 14.2 Å². The van der Waals surface area contributed by atoms with Gasteiger partial charge in [0.15, 0.2) is 11.4 Å². The summed E-state index contributed by atoms with van der Waals surface area (Å²) < 4.78 is 16.3. The molecule has 0 aromatic carbocycles. The molecule has 1 N–H and O–H groups in total. The van der Waals surface area contributed by atoms with E-state index in [4.69, 9.17) is 14.2 Å². The Morgan fingerprint density at radius 2 is 1.97 bits per heavy atom. The number of aliphatic hydroxyl groups excluding tert-OH is 1. The zero-order chi connectivity index (χ0) is 23.1. The van der Waals surface area contributed by atoms with Crippen LogP contribution in [0.2, 0.25) is 0 Å². The third kappa shape index (κ3) is 2.43. The molecule has 0 saturated heterocycles. The van der Waals surface area contributed by atoms with Gasteiger partial charge in [0.25, 0.3) is 5.76 Å². The molecule has 7 nitrogen and oxygen atoms in total.